The molecule has 0 aromatic heterocycles. The van der Waals surface area contributed by atoms with E-state index in [0.29, 0.717) is 0 Å². The molecule has 3 nitrogen and oxygen atoms in total. The molecule has 0 bridgehead atoms. The van der Waals surface area contributed by atoms with E-state index >= 15 is 0 Å². The molecule has 0 aliphatic carbocycles. The molecule has 5 heteroatoms. The first-order chi connectivity index (χ1) is 11.1. The molecule has 1 unspecified atom stereocenters. The summed E-state index contributed by atoms with van der Waals surface area (Å²) in [7, 11) is -3.92. The van der Waals surface area contributed by atoms with Crippen LogP contribution in [0.2, 0.25) is 24.2 Å². The Morgan fingerprint density at radius 1 is 1.29 bits per heavy atom. The molecule has 2 aliphatic rings. The average Bonchev–Trinajstić information content (AvgIpc) is 2.91. The van der Waals surface area contributed by atoms with Gasteiger partial charge in [0.2, 0.25) is 0 Å². The molecule has 24 heavy (non-hydrogen) atoms. The first kappa shape index (κ1) is 19.9. The highest BCUT2D eigenvalue weighted by molar-refractivity contribution is 6.77. The Balaban J connectivity index is 1.93. The van der Waals surface area contributed by atoms with E-state index in [0.717, 1.165) is 31.9 Å². The first-order valence-electron chi connectivity index (χ1n) is 9.06. The molecule has 2 aliphatic heterocycles. The molecule has 0 aromatic carbocycles. The van der Waals surface area contributed by atoms with Gasteiger partial charge in [0.15, 0.2) is 8.32 Å². The van der Waals surface area contributed by atoms with E-state index in [2.05, 4.69) is 53.1 Å². The van der Waals surface area contributed by atoms with Gasteiger partial charge in [-0.05, 0) is 42.6 Å². The second kappa shape index (κ2) is 7.42. The van der Waals surface area contributed by atoms with E-state index in [1.54, 1.807) is 0 Å². The van der Waals surface area contributed by atoms with Crippen molar-refractivity contribution in [1.29, 1.82) is 0 Å². The molecule has 136 valence electrons. The van der Waals surface area contributed by atoms with Crippen LogP contribution in [0.5, 0.6) is 0 Å². The van der Waals surface area contributed by atoms with Crippen molar-refractivity contribution in [2.75, 3.05) is 6.61 Å². The fraction of sp³-hybridized carbons (Fsp3) is 0.684. The van der Waals surface area contributed by atoms with Crippen molar-refractivity contribution >= 4 is 16.9 Å². The Morgan fingerprint density at radius 3 is 2.58 bits per heavy atom. The lowest BCUT2D eigenvalue weighted by Gasteiger charge is -2.36. The Morgan fingerprint density at radius 2 is 2.00 bits per heavy atom. The summed E-state index contributed by atoms with van der Waals surface area (Å²) in [4.78, 5) is 0. The van der Waals surface area contributed by atoms with Gasteiger partial charge in [0.25, 0.3) is 0 Å². The highest BCUT2D eigenvalue weighted by Gasteiger charge is 2.53. The predicted molar refractivity (Wildman–Crippen MR) is 106 cm³/mol. The predicted octanol–water partition coefficient (Wildman–Crippen LogP) is 5.26. The fourth-order valence-electron chi connectivity index (χ4n) is 3.11. The monoisotopic (exact) mass is 366 g/mol. The molecule has 1 fully saturated rings. The molecular weight excluding hydrogens is 332 g/mol. The fourth-order valence-corrected chi connectivity index (χ4v) is 7.74. The minimum atomic E-state index is -2.24. The van der Waals surface area contributed by atoms with Crippen molar-refractivity contribution in [2.45, 2.75) is 76.4 Å². The van der Waals surface area contributed by atoms with Crippen molar-refractivity contribution in [3.63, 3.8) is 0 Å². The van der Waals surface area contributed by atoms with Crippen LogP contribution < -0.4 is 0 Å². The molecule has 0 N–H and O–H groups in total. The minimum Gasteiger partial charge on any atom is -0.417 e. The van der Waals surface area contributed by atoms with Crippen molar-refractivity contribution in [2.24, 2.45) is 0 Å². The van der Waals surface area contributed by atoms with E-state index in [-0.39, 0.29) is 17.2 Å². The van der Waals surface area contributed by atoms with E-state index in [4.69, 9.17) is 13.3 Å². The smallest absolute Gasteiger partial charge is 0.372 e. The molecule has 0 radical (unpaired) electrons. The topological polar surface area (TPSA) is 27.7 Å². The number of allylic oxidation sites excluding steroid dienone is 1. The third-order valence-electron chi connectivity index (χ3n) is 5.54. The third-order valence-corrected chi connectivity index (χ3v) is 13.7. The van der Waals surface area contributed by atoms with Crippen molar-refractivity contribution in [3.05, 3.63) is 36.6 Å². The Labute approximate surface area is 150 Å². The van der Waals surface area contributed by atoms with E-state index in [1.807, 2.05) is 12.2 Å². The van der Waals surface area contributed by atoms with Gasteiger partial charge in [0.1, 0.15) is 0 Å². The molecular formula is C19H34O3Si2. The second-order valence-corrected chi connectivity index (χ2v) is 16.3. The zero-order valence-electron chi connectivity index (χ0n) is 16.1. The summed E-state index contributed by atoms with van der Waals surface area (Å²) in [5, 5.41) is 1.66. The van der Waals surface area contributed by atoms with Gasteiger partial charge in [0.05, 0.1) is 12.2 Å². The number of rotatable bonds is 8. The lowest BCUT2D eigenvalue weighted by atomic mass is 10.1. The van der Waals surface area contributed by atoms with Crippen molar-refractivity contribution in [3.8, 4) is 0 Å². The Bertz CT molecular complexity index is 507. The lowest BCUT2D eigenvalue weighted by molar-refractivity contribution is 0.111. The quantitative estimate of drug-likeness (QED) is 0.433. The molecule has 0 saturated carbocycles. The van der Waals surface area contributed by atoms with Crippen LogP contribution in [0.4, 0.5) is 0 Å². The molecule has 0 aromatic rings. The molecule has 0 amide bonds. The summed E-state index contributed by atoms with van der Waals surface area (Å²) in [6, 6.07) is 0.839. The number of hydrogen-bond donors (Lipinski definition) is 0. The van der Waals surface area contributed by atoms with E-state index < -0.39 is 16.9 Å². The average molecular weight is 367 g/mol. The van der Waals surface area contributed by atoms with Crippen LogP contribution in [0.15, 0.2) is 36.6 Å². The summed E-state index contributed by atoms with van der Waals surface area (Å²) < 4.78 is 19.1. The zero-order valence-corrected chi connectivity index (χ0v) is 18.1. The first-order valence-corrected chi connectivity index (χ1v) is 14.0. The molecule has 3 atom stereocenters. The Kier molecular flexibility index (Phi) is 6.14. The van der Waals surface area contributed by atoms with Gasteiger partial charge in [-0.2, -0.15) is 0 Å². The van der Waals surface area contributed by atoms with Crippen LogP contribution in [-0.2, 0) is 13.3 Å². The van der Waals surface area contributed by atoms with Crippen LogP contribution in [0.25, 0.3) is 0 Å². The number of hydrogen-bond acceptors (Lipinski definition) is 3. The van der Waals surface area contributed by atoms with Gasteiger partial charge in [-0.1, -0.05) is 39.0 Å². The maximum absolute atomic E-state index is 6.47. The SMILES string of the molecule is C=CC[C@@H]1C=C2C[C@@H](CCO[Si](C)(C)C(C)(C)C)O[Si]2(CC=C)O1. The van der Waals surface area contributed by atoms with Crippen LogP contribution in [-0.4, -0.2) is 35.7 Å². The van der Waals surface area contributed by atoms with Gasteiger partial charge >= 0.3 is 8.56 Å². The van der Waals surface area contributed by atoms with Crippen LogP contribution in [0.3, 0.4) is 0 Å². The minimum absolute atomic E-state index is 0.147. The summed E-state index contributed by atoms with van der Waals surface area (Å²) in [5.74, 6) is 0. The molecule has 0 spiro atoms. The standard InChI is InChI=1S/C19H34O3Si2/c1-8-10-16-14-18-15-17(22-24(18,21-16)13-9-2)11-12-20-23(6,7)19(3,4)5/h8-9,14,16-17H,1-2,10-13,15H2,3-7H3/t16-,17-,24?/m1/s1. The summed E-state index contributed by atoms with van der Waals surface area (Å²) in [6.45, 7) is 19.9. The van der Waals surface area contributed by atoms with Gasteiger partial charge < -0.3 is 13.3 Å². The van der Waals surface area contributed by atoms with Gasteiger partial charge in [-0.25, -0.2) is 0 Å². The normalized spacial score (nSPS) is 30.1. The molecule has 1 saturated heterocycles. The summed E-state index contributed by atoms with van der Waals surface area (Å²) in [5.41, 5.74) is 0. The van der Waals surface area contributed by atoms with Crippen LogP contribution in [0, 0.1) is 0 Å². The van der Waals surface area contributed by atoms with Crippen molar-refractivity contribution < 1.29 is 13.3 Å². The summed E-state index contributed by atoms with van der Waals surface area (Å²) >= 11 is 0. The Hall–Kier alpha value is -0.466. The van der Waals surface area contributed by atoms with Gasteiger partial charge in [-0.15, -0.1) is 13.2 Å². The second-order valence-electron chi connectivity index (χ2n) is 8.46. The molecule has 2 heterocycles. The highest BCUT2D eigenvalue weighted by Crippen LogP contribution is 2.43. The third kappa shape index (κ3) is 4.19. The van der Waals surface area contributed by atoms with Gasteiger partial charge in [0, 0.05) is 12.7 Å². The van der Waals surface area contributed by atoms with E-state index in [9.17, 15) is 0 Å². The summed E-state index contributed by atoms with van der Waals surface area (Å²) in [6.07, 6.45) is 9.34. The van der Waals surface area contributed by atoms with Crippen LogP contribution >= 0.6 is 0 Å². The highest BCUT2D eigenvalue weighted by atomic mass is 28.4. The van der Waals surface area contributed by atoms with Gasteiger partial charge in [-0.3, -0.25) is 0 Å². The van der Waals surface area contributed by atoms with E-state index in [1.165, 1.54) is 5.20 Å². The van der Waals surface area contributed by atoms with Crippen LogP contribution in [0.1, 0.15) is 40.0 Å². The largest absolute Gasteiger partial charge is 0.417 e. The lowest BCUT2D eigenvalue weighted by Crippen LogP contribution is -2.42. The maximum Gasteiger partial charge on any atom is 0.372 e. The zero-order chi connectivity index (χ0) is 18.0. The maximum atomic E-state index is 6.47. The number of fused-ring (bicyclic) bond motifs is 1. The molecule has 2 rings (SSSR count). The van der Waals surface area contributed by atoms with Crippen molar-refractivity contribution in [1.82, 2.24) is 0 Å².